The molecule has 2 rings (SSSR count). The van der Waals surface area contributed by atoms with Gasteiger partial charge in [0.1, 0.15) is 0 Å². The molecule has 6 nitrogen and oxygen atoms in total. The van der Waals surface area contributed by atoms with Gasteiger partial charge in [0.2, 0.25) is 5.91 Å². The van der Waals surface area contributed by atoms with Gasteiger partial charge in [0.25, 0.3) is 0 Å². The van der Waals surface area contributed by atoms with Crippen molar-refractivity contribution < 1.29 is 9.53 Å². The summed E-state index contributed by atoms with van der Waals surface area (Å²) in [6, 6.07) is 8.04. The summed E-state index contributed by atoms with van der Waals surface area (Å²) in [7, 11) is 5.68. The van der Waals surface area contributed by atoms with Crippen molar-refractivity contribution in [2.45, 2.75) is 19.1 Å². The fraction of sp³-hybridized carbons (Fsp3) is 0.471. The Bertz CT molecular complexity index is 657. The zero-order valence-electron chi connectivity index (χ0n) is 14.9. The zero-order valence-corrected chi connectivity index (χ0v) is 16.5. The summed E-state index contributed by atoms with van der Waals surface area (Å²) in [6.07, 6.45) is 2.09. The second kappa shape index (κ2) is 11.3. The van der Waals surface area contributed by atoms with Crippen LogP contribution in [0.15, 0.2) is 30.5 Å². The van der Waals surface area contributed by atoms with Gasteiger partial charge in [-0.2, -0.15) is 0 Å². The molecule has 0 aliphatic carbocycles. The van der Waals surface area contributed by atoms with E-state index in [4.69, 9.17) is 10.5 Å². The third-order valence-corrected chi connectivity index (χ3v) is 3.86. The van der Waals surface area contributed by atoms with Crippen molar-refractivity contribution in [1.29, 1.82) is 0 Å². The highest BCUT2D eigenvalue weighted by Gasteiger charge is 2.12. The quantitative estimate of drug-likeness (QED) is 0.725. The number of methoxy groups -OCH3 is 1. The van der Waals surface area contributed by atoms with E-state index in [1.54, 1.807) is 7.11 Å². The van der Waals surface area contributed by atoms with Crippen molar-refractivity contribution in [3.63, 3.8) is 0 Å². The lowest BCUT2D eigenvalue weighted by molar-refractivity contribution is -0.118. The summed E-state index contributed by atoms with van der Waals surface area (Å²) in [5.74, 6) is -0.0898. The molecule has 3 N–H and O–H groups in total. The van der Waals surface area contributed by atoms with E-state index >= 15 is 0 Å². The molecule has 0 aliphatic heterocycles. The van der Waals surface area contributed by atoms with Crippen molar-refractivity contribution >= 4 is 47.3 Å². The molecule has 0 spiro atoms. The average Bonchev–Trinajstić information content (AvgIpc) is 2.93. The molecular weight excluding hydrogens is 363 g/mol. The lowest BCUT2D eigenvalue weighted by Crippen LogP contribution is -2.28. The normalized spacial score (nSPS) is 11.7. The molecule has 1 aromatic carbocycles. The molecule has 1 atom stereocenters. The molecule has 8 heteroatoms. The van der Waals surface area contributed by atoms with Gasteiger partial charge in [0, 0.05) is 38.6 Å². The van der Waals surface area contributed by atoms with Gasteiger partial charge >= 0.3 is 0 Å². The van der Waals surface area contributed by atoms with Crippen molar-refractivity contribution in [1.82, 2.24) is 9.47 Å². The van der Waals surface area contributed by atoms with Crippen molar-refractivity contribution in [2.24, 2.45) is 5.73 Å². The van der Waals surface area contributed by atoms with E-state index < -0.39 is 0 Å². The highest BCUT2D eigenvalue weighted by atomic mass is 35.5. The summed E-state index contributed by atoms with van der Waals surface area (Å²) >= 11 is 0. The Morgan fingerprint density at radius 3 is 2.64 bits per heavy atom. The maximum atomic E-state index is 12.1. The first-order valence-corrected chi connectivity index (χ1v) is 7.80. The molecule has 1 amide bonds. The molecular formula is C17H28Cl2N4O2. The molecule has 0 radical (unpaired) electrons. The van der Waals surface area contributed by atoms with Crippen LogP contribution in [-0.2, 0) is 16.1 Å². The number of aromatic nitrogens is 1. The van der Waals surface area contributed by atoms with E-state index in [0.717, 1.165) is 24.3 Å². The smallest absolute Gasteiger partial charge is 0.227 e. The average molecular weight is 391 g/mol. The fourth-order valence-electron chi connectivity index (χ4n) is 2.45. The van der Waals surface area contributed by atoms with Crippen LogP contribution in [0.25, 0.3) is 10.9 Å². The Morgan fingerprint density at radius 2 is 2.04 bits per heavy atom. The SMILES string of the molecule is COC(CN)CC(=O)Nc1ccc2ccn(CCN(C)C)c2c1.Cl.Cl. The molecule has 0 fully saturated rings. The molecule has 0 bridgehead atoms. The zero-order chi connectivity index (χ0) is 16.8. The van der Waals surface area contributed by atoms with Crippen LogP contribution in [0.5, 0.6) is 0 Å². The number of nitrogens with zero attached hydrogens (tertiary/aromatic N) is 2. The predicted molar refractivity (Wildman–Crippen MR) is 108 cm³/mol. The molecule has 1 heterocycles. The number of nitrogens with one attached hydrogen (secondary N) is 1. The molecule has 0 saturated heterocycles. The topological polar surface area (TPSA) is 72.5 Å². The Balaban J connectivity index is 0.00000288. The van der Waals surface area contributed by atoms with Crippen LogP contribution in [-0.4, -0.2) is 55.8 Å². The van der Waals surface area contributed by atoms with E-state index in [2.05, 4.69) is 41.1 Å². The van der Waals surface area contributed by atoms with Crippen molar-refractivity contribution in [2.75, 3.05) is 39.6 Å². The van der Waals surface area contributed by atoms with Gasteiger partial charge < -0.3 is 25.3 Å². The van der Waals surface area contributed by atoms with Gasteiger partial charge in [-0.25, -0.2) is 0 Å². The second-order valence-electron chi connectivity index (χ2n) is 5.93. The van der Waals surface area contributed by atoms with Crippen LogP contribution in [0, 0.1) is 0 Å². The van der Waals surface area contributed by atoms with Crippen LogP contribution in [0.2, 0.25) is 0 Å². The monoisotopic (exact) mass is 390 g/mol. The Hall–Kier alpha value is -1.31. The van der Waals surface area contributed by atoms with Gasteiger partial charge in [-0.05, 0) is 37.7 Å². The van der Waals surface area contributed by atoms with E-state index in [0.29, 0.717) is 6.54 Å². The number of nitrogens with two attached hydrogens (primary N) is 1. The highest BCUT2D eigenvalue weighted by Crippen LogP contribution is 2.21. The van der Waals surface area contributed by atoms with Crippen LogP contribution < -0.4 is 11.1 Å². The maximum Gasteiger partial charge on any atom is 0.227 e. The Kier molecular flexibility index (Phi) is 10.7. The van der Waals surface area contributed by atoms with Gasteiger partial charge in [-0.15, -0.1) is 24.8 Å². The number of carbonyl (C=O) groups excluding carboxylic acids is 1. The van der Waals surface area contributed by atoms with Gasteiger partial charge in [-0.3, -0.25) is 4.79 Å². The molecule has 1 aromatic heterocycles. The number of amides is 1. The van der Waals surface area contributed by atoms with E-state index in [9.17, 15) is 4.79 Å². The lowest BCUT2D eigenvalue weighted by atomic mass is 10.2. The minimum Gasteiger partial charge on any atom is -0.380 e. The number of carbonyl (C=O) groups is 1. The van der Waals surface area contributed by atoms with E-state index in [1.165, 1.54) is 5.39 Å². The largest absolute Gasteiger partial charge is 0.380 e. The number of benzene rings is 1. The summed E-state index contributed by atoms with van der Waals surface area (Å²) < 4.78 is 7.34. The molecule has 0 aliphatic rings. The third kappa shape index (κ3) is 6.84. The van der Waals surface area contributed by atoms with Crippen LogP contribution in [0.1, 0.15) is 6.42 Å². The third-order valence-electron chi connectivity index (χ3n) is 3.86. The van der Waals surface area contributed by atoms with Crippen molar-refractivity contribution in [3.05, 3.63) is 30.5 Å². The minimum absolute atomic E-state index is 0. The second-order valence-corrected chi connectivity index (χ2v) is 5.93. The number of anilines is 1. The number of fused-ring (bicyclic) bond motifs is 1. The summed E-state index contributed by atoms with van der Waals surface area (Å²) in [4.78, 5) is 14.2. The van der Waals surface area contributed by atoms with Gasteiger partial charge in [-0.1, -0.05) is 6.07 Å². The number of hydrogen-bond donors (Lipinski definition) is 2. The fourth-order valence-corrected chi connectivity index (χ4v) is 2.45. The molecule has 142 valence electrons. The maximum absolute atomic E-state index is 12.1. The predicted octanol–water partition coefficient (Wildman–Crippen LogP) is 2.35. The molecule has 1 unspecified atom stereocenters. The number of ether oxygens (including phenoxy) is 1. The number of halogens is 2. The highest BCUT2D eigenvalue weighted by molar-refractivity contribution is 5.94. The van der Waals surface area contributed by atoms with Crippen molar-refractivity contribution in [3.8, 4) is 0 Å². The first-order valence-electron chi connectivity index (χ1n) is 7.80. The molecule has 2 aromatic rings. The number of hydrogen-bond acceptors (Lipinski definition) is 4. The first kappa shape index (κ1) is 23.7. The standard InChI is InChI=1S/C17H26N4O2.2ClH/c1-20(2)8-9-21-7-6-13-4-5-14(10-16(13)21)19-17(22)11-15(12-18)23-3;;/h4-7,10,15H,8-9,11-12,18H2,1-3H3,(H,19,22);2*1H. The lowest BCUT2D eigenvalue weighted by Gasteiger charge is -2.13. The van der Waals surface area contributed by atoms with Gasteiger partial charge in [0.05, 0.1) is 18.0 Å². The van der Waals surface area contributed by atoms with Crippen LogP contribution >= 0.6 is 24.8 Å². The summed E-state index contributed by atoms with van der Waals surface area (Å²) in [5.41, 5.74) is 7.46. The van der Waals surface area contributed by atoms with E-state index in [-0.39, 0.29) is 43.2 Å². The van der Waals surface area contributed by atoms with E-state index in [1.807, 2.05) is 18.2 Å². The summed E-state index contributed by atoms with van der Waals surface area (Å²) in [5, 5.41) is 4.08. The Labute approximate surface area is 161 Å². The summed E-state index contributed by atoms with van der Waals surface area (Å²) in [6.45, 7) is 2.20. The van der Waals surface area contributed by atoms with Gasteiger partial charge in [0.15, 0.2) is 0 Å². The molecule has 0 saturated carbocycles. The first-order chi connectivity index (χ1) is 11.0. The Morgan fingerprint density at radius 1 is 1.32 bits per heavy atom. The van der Waals surface area contributed by atoms with Crippen LogP contribution in [0.3, 0.4) is 0 Å². The number of likely N-dealkylation sites (N-methyl/N-ethyl adjacent to an activating group) is 1. The number of rotatable bonds is 8. The molecule has 25 heavy (non-hydrogen) atoms. The minimum atomic E-state index is -0.248. The van der Waals surface area contributed by atoms with Crippen LogP contribution in [0.4, 0.5) is 5.69 Å².